The number of rotatable bonds is 3. The molecule has 2 N–H and O–H groups in total. The average Bonchev–Trinajstić information content (AvgIpc) is 2.32. The first-order valence-electron chi connectivity index (χ1n) is 5.86. The minimum Gasteiger partial charge on any atom is -0.313 e. The Kier molecular flexibility index (Phi) is 4.31. The summed E-state index contributed by atoms with van der Waals surface area (Å²) in [5, 5.41) is 6.90. The molecule has 15 heavy (non-hydrogen) atoms. The third-order valence-electron chi connectivity index (χ3n) is 3.27. The quantitative estimate of drug-likeness (QED) is 0.639. The van der Waals surface area contributed by atoms with E-state index in [1.807, 2.05) is 0 Å². The van der Waals surface area contributed by atoms with E-state index in [2.05, 4.69) is 20.4 Å². The van der Waals surface area contributed by atoms with E-state index in [4.69, 9.17) is 0 Å². The van der Waals surface area contributed by atoms with Crippen molar-refractivity contribution in [1.82, 2.24) is 20.4 Å². The zero-order valence-electron chi connectivity index (χ0n) is 9.21. The molecule has 0 amide bonds. The molecule has 1 unspecified atom stereocenters. The maximum Gasteiger partial charge on any atom is 0.102 e. The molecule has 0 aliphatic carbocycles. The summed E-state index contributed by atoms with van der Waals surface area (Å²) in [4.78, 5) is 4.66. The van der Waals surface area contributed by atoms with Crippen LogP contribution in [0.15, 0.2) is 0 Å². The molecule has 2 fully saturated rings. The molecule has 2 rings (SSSR count). The Labute approximate surface area is 90.8 Å². The predicted octanol–water partition coefficient (Wildman–Crippen LogP) is -0.908. The lowest BCUT2D eigenvalue weighted by atomic mass is 10.2. The van der Waals surface area contributed by atoms with Crippen molar-refractivity contribution < 1.29 is 4.39 Å². The molecule has 0 spiro atoms. The number of hydrogen-bond acceptors (Lipinski definition) is 4. The molecule has 4 nitrogen and oxygen atoms in total. The first-order chi connectivity index (χ1) is 7.40. The number of alkyl halides is 1. The maximum absolute atomic E-state index is 12.2. The van der Waals surface area contributed by atoms with E-state index < -0.39 is 0 Å². The highest BCUT2D eigenvalue weighted by Crippen LogP contribution is 2.05. The molecule has 0 aromatic heterocycles. The molecule has 5 heteroatoms. The van der Waals surface area contributed by atoms with Crippen molar-refractivity contribution in [3.05, 3.63) is 0 Å². The van der Waals surface area contributed by atoms with E-state index >= 15 is 0 Å². The summed E-state index contributed by atoms with van der Waals surface area (Å²) in [6.07, 6.45) is 0.478. The van der Waals surface area contributed by atoms with Gasteiger partial charge in [-0.3, -0.25) is 15.1 Å². The van der Waals surface area contributed by atoms with Crippen molar-refractivity contribution in [2.45, 2.75) is 6.17 Å². The summed E-state index contributed by atoms with van der Waals surface area (Å²) in [5.74, 6) is 0. The molecule has 0 bridgehead atoms. The third-order valence-corrected chi connectivity index (χ3v) is 3.27. The number of piperazine rings is 2. The molecular weight excluding hydrogens is 195 g/mol. The number of nitrogens with zero attached hydrogens (tertiary/aromatic N) is 2. The van der Waals surface area contributed by atoms with Crippen molar-refractivity contribution in [3.63, 3.8) is 0 Å². The molecule has 88 valence electrons. The lowest BCUT2D eigenvalue weighted by molar-refractivity contribution is 0.0715. The zero-order valence-corrected chi connectivity index (χ0v) is 9.21. The second-order valence-corrected chi connectivity index (χ2v) is 4.24. The van der Waals surface area contributed by atoms with Crippen molar-refractivity contribution in [3.8, 4) is 0 Å². The molecule has 2 heterocycles. The van der Waals surface area contributed by atoms with Crippen LogP contribution < -0.4 is 10.6 Å². The molecule has 1 atom stereocenters. The average molecular weight is 216 g/mol. The van der Waals surface area contributed by atoms with E-state index in [1.165, 1.54) is 0 Å². The Balaban J connectivity index is 1.72. The highest BCUT2D eigenvalue weighted by molar-refractivity contribution is 4.81. The van der Waals surface area contributed by atoms with Gasteiger partial charge in [0.05, 0.1) is 6.17 Å². The van der Waals surface area contributed by atoms with Gasteiger partial charge in [0, 0.05) is 52.4 Å². The second kappa shape index (κ2) is 5.75. The van der Waals surface area contributed by atoms with Gasteiger partial charge in [-0.05, 0) is 0 Å². The molecule has 2 saturated heterocycles. The summed E-state index contributed by atoms with van der Waals surface area (Å²) in [7, 11) is 0. The van der Waals surface area contributed by atoms with Crippen LogP contribution in [-0.2, 0) is 0 Å². The third kappa shape index (κ3) is 3.11. The summed E-state index contributed by atoms with van der Waals surface area (Å²) in [6, 6.07) is 0. The van der Waals surface area contributed by atoms with Crippen LogP contribution in [0.2, 0.25) is 0 Å². The van der Waals surface area contributed by atoms with E-state index in [0.29, 0.717) is 12.7 Å². The van der Waals surface area contributed by atoms with E-state index in [9.17, 15) is 4.39 Å². The summed E-state index contributed by atoms with van der Waals surface area (Å²) in [5.41, 5.74) is 0. The van der Waals surface area contributed by atoms with Gasteiger partial charge in [-0.2, -0.15) is 0 Å². The van der Waals surface area contributed by atoms with Gasteiger partial charge in [-0.25, -0.2) is 4.39 Å². The van der Waals surface area contributed by atoms with Gasteiger partial charge in [0.25, 0.3) is 0 Å². The van der Waals surface area contributed by atoms with Gasteiger partial charge >= 0.3 is 0 Å². The normalized spacial score (nSPS) is 30.6. The van der Waals surface area contributed by atoms with Gasteiger partial charge in [-0.1, -0.05) is 0 Å². The Morgan fingerprint density at radius 3 is 2.53 bits per heavy atom. The molecular formula is C10H21FN4. The van der Waals surface area contributed by atoms with Crippen LogP contribution >= 0.6 is 0 Å². The van der Waals surface area contributed by atoms with Gasteiger partial charge in [0.15, 0.2) is 0 Å². The topological polar surface area (TPSA) is 30.5 Å². The minimum atomic E-state index is -0.219. The molecule has 0 saturated carbocycles. The standard InChI is InChI=1S/C10H21FN4/c11-1-4-14-5-7-15(8-6-14)10-9-12-2-3-13-10/h10,12-13H,1-9H2. The number of halogens is 1. The van der Waals surface area contributed by atoms with Crippen LogP contribution in [-0.4, -0.2) is 75.0 Å². The van der Waals surface area contributed by atoms with Crippen LogP contribution in [0.4, 0.5) is 4.39 Å². The van der Waals surface area contributed by atoms with E-state index in [-0.39, 0.29) is 6.67 Å². The van der Waals surface area contributed by atoms with Crippen LogP contribution in [0, 0.1) is 0 Å². The number of nitrogens with one attached hydrogen (secondary N) is 2. The van der Waals surface area contributed by atoms with Gasteiger partial charge in [-0.15, -0.1) is 0 Å². The highest BCUT2D eigenvalue weighted by atomic mass is 19.1. The molecule has 2 aliphatic rings. The van der Waals surface area contributed by atoms with Crippen molar-refractivity contribution in [2.75, 3.05) is 59.0 Å². The molecule has 0 radical (unpaired) electrons. The van der Waals surface area contributed by atoms with Crippen molar-refractivity contribution in [2.24, 2.45) is 0 Å². The fourth-order valence-electron chi connectivity index (χ4n) is 2.31. The lowest BCUT2D eigenvalue weighted by Crippen LogP contribution is -2.61. The summed E-state index contributed by atoms with van der Waals surface area (Å²) < 4.78 is 12.2. The summed E-state index contributed by atoms with van der Waals surface area (Å²) >= 11 is 0. The monoisotopic (exact) mass is 216 g/mol. The molecule has 0 aromatic carbocycles. The Morgan fingerprint density at radius 2 is 1.93 bits per heavy atom. The first-order valence-corrected chi connectivity index (χ1v) is 5.86. The zero-order chi connectivity index (χ0) is 10.5. The molecule has 0 aromatic rings. The first kappa shape index (κ1) is 11.3. The van der Waals surface area contributed by atoms with Crippen LogP contribution in [0.25, 0.3) is 0 Å². The minimum absolute atomic E-state index is 0.219. The van der Waals surface area contributed by atoms with Crippen LogP contribution in [0.3, 0.4) is 0 Å². The van der Waals surface area contributed by atoms with E-state index in [0.717, 1.165) is 45.8 Å². The molecule has 2 aliphatic heterocycles. The SMILES string of the molecule is FCCN1CCN(C2CNCCN2)CC1. The van der Waals surface area contributed by atoms with Gasteiger partial charge < -0.3 is 5.32 Å². The van der Waals surface area contributed by atoms with E-state index in [1.54, 1.807) is 0 Å². The fourth-order valence-corrected chi connectivity index (χ4v) is 2.31. The summed E-state index contributed by atoms with van der Waals surface area (Å²) in [6.45, 7) is 7.65. The Hall–Kier alpha value is -0.230. The van der Waals surface area contributed by atoms with Crippen molar-refractivity contribution in [1.29, 1.82) is 0 Å². The second-order valence-electron chi connectivity index (χ2n) is 4.24. The Bertz CT molecular complexity index is 176. The van der Waals surface area contributed by atoms with Crippen molar-refractivity contribution >= 4 is 0 Å². The smallest absolute Gasteiger partial charge is 0.102 e. The fraction of sp³-hybridized carbons (Fsp3) is 1.00. The van der Waals surface area contributed by atoms with Gasteiger partial charge in [0.2, 0.25) is 0 Å². The highest BCUT2D eigenvalue weighted by Gasteiger charge is 2.24. The number of hydrogen-bond donors (Lipinski definition) is 2. The van der Waals surface area contributed by atoms with Gasteiger partial charge in [0.1, 0.15) is 6.67 Å². The Morgan fingerprint density at radius 1 is 1.13 bits per heavy atom. The predicted molar refractivity (Wildman–Crippen MR) is 58.6 cm³/mol. The van der Waals surface area contributed by atoms with Crippen LogP contribution in [0.1, 0.15) is 0 Å². The maximum atomic E-state index is 12.2. The van der Waals surface area contributed by atoms with Crippen LogP contribution in [0.5, 0.6) is 0 Å². The largest absolute Gasteiger partial charge is 0.313 e. The lowest BCUT2D eigenvalue weighted by Gasteiger charge is -2.40.